The van der Waals surface area contributed by atoms with Gasteiger partial charge in [0.25, 0.3) is 0 Å². The summed E-state index contributed by atoms with van der Waals surface area (Å²) in [6.45, 7) is 8.40. The second-order valence-corrected chi connectivity index (χ2v) is 6.45. The van der Waals surface area contributed by atoms with Gasteiger partial charge in [-0.3, -0.25) is 0 Å². The number of hydrogen-bond donors (Lipinski definition) is 2. The zero-order chi connectivity index (χ0) is 14.9. The summed E-state index contributed by atoms with van der Waals surface area (Å²) in [6.07, 6.45) is 0.656. The molecule has 3 N–H and O–H groups in total. The third kappa shape index (κ3) is 2.96. The summed E-state index contributed by atoms with van der Waals surface area (Å²) in [6, 6.07) is 11.9. The molecule has 20 heavy (non-hydrogen) atoms. The number of nitrogens with two attached hydrogens (primary N) is 1. The van der Waals surface area contributed by atoms with Crippen LogP contribution in [0, 0.1) is 6.92 Å². The Morgan fingerprint density at radius 2 is 1.70 bits per heavy atom. The molecular weight excluding hydrogens is 246 g/mol. The lowest BCUT2D eigenvalue weighted by Gasteiger charge is -2.23. The van der Waals surface area contributed by atoms with Crippen molar-refractivity contribution in [3.05, 3.63) is 58.7 Å². The molecule has 0 saturated heterocycles. The van der Waals surface area contributed by atoms with Gasteiger partial charge in [-0.15, -0.1) is 0 Å². The van der Waals surface area contributed by atoms with Crippen molar-refractivity contribution in [1.29, 1.82) is 0 Å². The highest BCUT2D eigenvalue weighted by Crippen LogP contribution is 2.35. The molecule has 0 fully saturated rings. The van der Waals surface area contributed by atoms with E-state index in [0.29, 0.717) is 12.2 Å². The van der Waals surface area contributed by atoms with Gasteiger partial charge in [0.2, 0.25) is 0 Å². The van der Waals surface area contributed by atoms with Gasteiger partial charge in [0.15, 0.2) is 0 Å². The fourth-order valence-corrected chi connectivity index (χ4v) is 2.46. The molecule has 0 spiro atoms. The fraction of sp³-hybridized carbons (Fsp3) is 0.333. The number of benzene rings is 2. The molecule has 0 amide bonds. The van der Waals surface area contributed by atoms with Crippen LogP contribution in [0.3, 0.4) is 0 Å². The lowest BCUT2D eigenvalue weighted by atomic mass is 9.83. The maximum atomic E-state index is 10.6. The topological polar surface area (TPSA) is 46.2 Å². The average molecular weight is 269 g/mol. The molecule has 0 bridgehead atoms. The molecule has 0 atom stereocenters. The Hall–Kier alpha value is -1.96. The van der Waals surface area contributed by atoms with E-state index in [-0.39, 0.29) is 5.41 Å². The van der Waals surface area contributed by atoms with Crippen molar-refractivity contribution in [1.82, 2.24) is 0 Å². The second kappa shape index (κ2) is 5.20. The Kier molecular flexibility index (Phi) is 3.76. The minimum absolute atomic E-state index is 0.0763. The average Bonchev–Trinajstić information content (AvgIpc) is 2.34. The molecule has 2 aromatic carbocycles. The third-order valence-corrected chi connectivity index (χ3v) is 3.58. The van der Waals surface area contributed by atoms with Crippen LogP contribution in [0.5, 0.6) is 5.75 Å². The van der Waals surface area contributed by atoms with Gasteiger partial charge in [-0.25, -0.2) is 0 Å². The number of hydrogen-bond acceptors (Lipinski definition) is 2. The van der Waals surface area contributed by atoms with E-state index in [0.717, 1.165) is 27.9 Å². The lowest BCUT2D eigenvalue weighted by molar-refractivity contribution is 0.441. The minimum atomic E-state index is -0.0763. The zero-order valence-electron chi connectivity index (χ0n) is 12.7. The van der Waals surface area contributed by atoms with E-state index < -0.39 is 0 Å². The van der Waals surface area contributed by atoms with Gasteiger partial charge in [0.1, 0.15) is 5.75 Å². The van der Waals surface area contributed by atoms with Crippen molar-refractivity contribution in [2.24, 2.45) is 0 Å². The first kappa shape index (κ1) is 14.4. The van der Waals surface area contributed by atoms with Crippen LogP contribution < -0.4 is 5.73 Å². The number of rotatable bonds is 2. The van der Waals surface area contributed by atoms with Gasteiger partial charge in [0, 0.05) is 12.1 Å². The highest BCUT2D eigenvalue weighted by atomic mass is 16.3. The summed E-state index contributed by atoms with van der Waals surface area (Å²) in [7, 11) is 0. The van der Waals surface area contributed by atoms with Gasteiger partial charge in [-0.05, 0) is 35.1 Å². The van der Waals surface area contributed by atoms with Crippen LogP contribution in [0.4, 0.5) is 5.69 Å². The summed E-state index contributed by atoms with van der Waals surface area (Å²) < 4.78 is 0. The van der Waals surface area contributed by atoms with E-state index in [9.17, 15) is 5.11 Å². The molecule has 106 valence electrons. The van der Waals surface area contributed by atoms with Crippen LogP contribution in [0.25, 0.3) is 0 Å². The van der Waals surface area contributed by atoms with Crippen molar-refractivity contribution in [3.8, 4) is 5.75 Å². The molecule has 0 unspecified atom stereocenters. The van der Waals surface area contributed by atoms with Gasteiger partial charge in [-0.1, -0.05) is 56.7 Å². The molecule has 0 saturated carbocycles. The first-order valence-electron chi connectivity index (χ1n) is 6.95. The van der Waals surface area contributed by atoms with Gasteiger partial charge >= 0.3 is 0 Å². The summed E-state index contributed by atoms with van der Waals surface area (Å²) in [4.78, 5) is 0. The minimum Gasteiger partial charge on any atom is -0.507 e. The molecule has 0 aliphatic carbocycles. The molecular formula is C18H23NO. The first-order valence-corrected chi connectivity index (χ1v) is 6.95. The van der Waals surface area contributed by atoms with Crippen LogP contribution in [0.15, 0.2) is 36.4 Å². The molecule has 2 heteroatoms. The van der Waals surface area contributed by atoms with Crippen LogP contribution in [0.1, 0.15) is 43.0 Å². The molecule has 0 aromatic heterocycles. The van der Waals surface area contributed by atoms with Crippen molar-refractivity contribution in [3.63, 3.8) is 0 Å². The Morgan fingerprint density at radius 3 is 2.30 bits per heavy atom. The van der Waals surface area contributed by atoms with Crippen molar-refractivity contribution in [2.45, 2.75) is 39.5 Å². The van der Waals surface area contributed by atoms with E-state index in [1.54, 1.807) is 0 Å². The quantitative estimate of drug-likeness (QED) is 0.804. The van der Waals surface area contributed by atoms with Crippen LogP contribution >= 0.6 is 0 Å². The number of nitrogen functional groups attached to an aromatic ring is 1. The number of phenolic OH excluding ortho intramolecular Hbond substituents is 1. The van der Waals surface area contributed by atoms with Crippen LogP contribution in [0.2, 0.25) is 0 Å². The Labute approximate surface area is 121 Å². The smallest absolute Gasteiger partial charge is 0.122 e. The molecule has 2 aromatic rings. The van der Waals surface area contributed by atoms with E-state index in [1.165, 1.54) is 0 Å². The summed E-state index contributed by atoms with van der Waals surface area (Å²) in [5.74, 6) is 0.395. The van der Waals surface area contributed by atoms with Crippen molar-refractivity contribution >= 4 is 5.69 Å². The molecule has 0 aliphatic heterocycles. The van der Waals surface area contributed by atoms with Crippen molar-refractivity contribution < 1.29 is 5.11 Å². The standard InChI is InChI=1S/C18H23NO/c1-12-9-14(11-13-7-5-6-8-16(13)19)17(20)15(10-12)18(2,3)4/h5-10,20H,11,19H2,1-4H3. The molecule has 2 rings (SSSR count). The first-order chi connectivity index (χ1) is 9.29. The van der Waals surface area contributed by atoms with Crippen LogP contribution in [-0.4, -0.2) is 5.11 Å². The zero-order valence-corrected chi connectivity index (χ0v) is 12.7. The number of phenols is 1. The number of aryl methyl sites for hydroxylation is 1. The fourth-order valence-electron chi connectivity index (χ4n) is 2.46. The Bertz CT molecular complexity index is 624. The van der Waals surface area contributed by atoms with E-state index in [2.05, 4.69) is 33.8 Å². The Morgan fingerprint density at radius 1 is 1.05 bits per heavy atom. The second-order valence-electron chi connectivity index (χ2n) is 6.45. The molecule has 0 radical (unpaired) electrons. The van der Waals surface area contributed by atoms with Crippen molar-refractivity contribution in [2.75, 3.05) is 5.73 Å². The summed E-state index contributed by atoms with van der Waals surface area (Å²) >= 11 is 0. The predicted molar refractivity (Wildman–Crippen MR) is 85.2 cm³/mol. The van der Waals surface area contributed by atoms with Gasteiger partial charge < -0.3 is 10.8 Å². The number of anilines is 1. The van der Waals surface area contributed by atoms with E-state index in [1.807, 2.05) is 30.3 Å². The highest BCUT2D eigenvalue weighted by Gasteiger charge is 2.21. The normalized spacial score (nSPS) is 11.6. The maximum absolute atomic E-state index is 10.6. The summed E-state index contributed by atoms with van der Waals surface area (Å²) in [5.41, 5.74) is 10.8. The summed E-state index contributed by atoms with van der Waals surface area (Å²) in [5, 5.41) is 10.6. The lowest BCUT2D eigenvalue weighted by Crippen LogP contribution is -2.12. The Balaban J connectivity index is 2.48. The predicted octanol–water partition coefficient (Wildman–Crippen LogP) is 4.17. The molecule has 0 heterocycles. The monoisotopic (exact) mass is 269 g/mol. The van der Waals surface area contributed by atoms with Crippen LogP contribution in [-0.2, 0) is 11.8 Å². The largest absolute Gasteiger partial charge is 0.507 e. The molecule has 2 nitrogen and oxygen atoms in total. The third-order valence-electron chi connectivity index (χ3n) is 3.58. The maximum Gasteiger partial charge on any atom is 0.122 e. The number of aromatic hydroxyl groups is 1. The highest BCUT2D eigenvalue weighted by molar-refractivity contribution is 5.53. The van der Waals surface area contributed by atoms with E-state index in [4.69, 9.17) is 5.73 Å². The van der Waals surface area contributed by atoms with E-state index >= 15 is 0 Å². The van der Waals surface area contributed by atoms with Gasteiger partial charge in [-0.2, -0.15) is 0 Å². The SMILES string of the molecule is Cc1cc(Cc2ccccc2N)c(O)c(C(C)(C)C)c1. The van der Waals surface area contributed by atoms with Gasteiger partial charge in [0.05, 0.1) is 0 Å². The number of para-hydroxylation sites is 1. The molecule has 0 aliphatic rings.